The Hall–Kier alpha value is -2.25. The van der Waals surface area contributed by atoms with Crippen molar-refractivity contribution in [1.29, 1.82) is 0 Å². The summed E-state index contributed by atoms with van der Waals surface area (Å²) in [6.07, 6.45) is 4.87. The third kappa shape index (κ3) is 3.62. The maximum atomic E-state index is 13.1. The third-order valence-corrected chi connectivity index (χ3v) is 3.00. The highest BCUT2D eigenvalue weighted by atomic mass is 19.1. The number of hydrogen-bond acceptors (Lipinski definition) is 6. The second-order valence-corrected chi connectivity index (χ2v) is 4.32. The molecule has 108 valence electrons. The average Bonchev–Trinajstić information content (AvgIpc) is 2.96. The fourth-order valence-electron chi connectivity index (χ4n) is 2.00. The summed E-state index contributed by atoms with van der Waals surface area (Å²) >= 11 is 0. The third-order valence-electron chi connectivity index (χ3n) is 3.00. The number of carbonyl (C=O) groups is 2. The van der Waals surface area contributed by atoms with E-state index in [4.69, 9.17) is 9.47 Å². The van der Waals surface area contributed by atoms with Crippen LogP contribution in [0.2, 0.25) is 0 Å². The number of nitrogens with zero attached hydrogens (tertiary/aromatic N) is 2. The molecule has 1 aliphatic rings. The molecule has 1 aromatic rings. The molecular formula is C12H14FN3O4. The number of hydrogen-bond donors (Lipinski definition) is 1. The summed E-state index contributed by atoms with van der Waals surface area (Å²) in [5, 5.41) is 2.07. The van der Waals surface area contributed by atoms with E-state index in [0.29, 0.717) is 0 Å². The van der Waals surface area contributed by atoms with Crippen molar-refractivity contribution in [1.82, 2.24) is 9.97 Å². The van der Waals surface area contributed by atoms with Crippen LogP contribution in [0.1, 0.15) is 25.7 Å². The normalized spacial score (nSPS) is 14.8. The van der Waals surface area contributed by atoms with Crippen LogP contribution < -0.4 is 10.1 Å². The van der Waals surface area contributed by atoms with Gasteiger partial charge in [-0.15, -0.1) is 0 Å². The first-order chi connectivity index (χ1) is 9.70. The standard InChI is InChI=1S/C12H14FN3O4/c13-9-5-14-12(16-10(9)15-6-17)20-7-19-11(18)8-3-1-2-4-8/h5-6,8H,1-4,7H2,(H,14,15,16,17). The zero-order chi connectivity index (χ0) is 14.4. The van der Waals surface area contributed by atoms with E-state index in [9.17, 15) is 14.0 Å². The maximum absolute atomic E-state index is 13.1. The molecule has 0 unspecified atom stereocenters. The predicted molar refractivity (Wildman–Crippen MR) is 65.2 cm³/mol. The van der Waals surface area contributed by atoms with Crippen LogP contribution in [0.5, 0.6) is 6.01 Å². The van der Waals surface area contributed by atoms with Crippen LogP contribution in [-0.4, -0.2) is 29.1 Å². The lowest BCUT2D eigenvalue weighted by molar-refractivity contribution is -0.155. The van der Waals surface area contributed by atoms with Crippen LogP contribution in [-0.2, 0) is 14.3 Å². The molecule has 7 nitrogen and oxygen atoms in total. The Morgan fingerprint density at radius 1 is 1.50 bits per heavy atom. The molecule has 8 heteroatoms. The molecule has 0 aromatic carbocycles. The van der Waals surface area contributed by atoms with Gasteiger partial charge in [0.1, 0.15) is 0 Å². The highest BCUT2D eigenvalue weighted by molar-refractivity contribution is 5.72. The Morgan fingerprint density at radius 3 is 2.95 bits per heavy atom. The number of amides is 1. The Balaban J connectivity index is 1.82. The quantitative estimate of drug-likeness (QED) is 0.480. The first kappa shape index (κ1) is 14.2. The number of aromatic nitrogens is 2. The van der Waals surface area contributed by atoms with E-state index in [2.05, 4.69) is 15.3 Å². The van der Waals surface area contributed by atoms with Crippen LogP contribution >= 0.6 is 0 Å². The van der Waals surface area contributed by atoms with Gasteiger partial charge in [0, 0.05) is 0 Å². The molecule has 0 aliphatic heterocycles. The van der Waals surface area contributed by atoms with Gasteiger partial charge in [-0.05, 0) is 12.8 Å². The van der Waals surface area contributed by atoms with Crippen molar-refractivity contribution in [2.24, 2.45) is 5.92 Å². The zero-order valence-corrected chi connectivity index (χ0v) is 10.7. The van der Waals surface area contributed by atoms with Gasteiger partial charge in [-0.2, -0.15) is 4.98 Å². The minimum absolute atomic E-state index is 0.0694. The van der Waals surface area contributed by atoms with Crippen LogP contribution in [0.3, 0.4) is 0 Å². The van der Waals surface area contributed by atoms with Crippen LogP contribution in [0.25, 0.3) is 0 Å². The summed E-state index contributed by atoms with van der Waals surface area (Å²) in [6.45, 7) is -0.346. The molecule has 0 spiro atoms. The number of esters is 1. The number of carbonyl (C=O) groups excluding carboxylic acids is 2. The van der Waals surface area contributed by atoms with Gasteiger partial charge in [0.25, 0.3) is 0 Å². The van der Waals surface area contributed by atoms with Crippen molar-refractivity contribution in [2.45, 2.75) is 25.7 Å². The van der Waals surface area contributed by atoms with Gasteiger partial charge in [-0.1, -0.05) is 12.8 Å². The van der Waals surface area contributed by atoms with E-state index < -0.39 is 5.82 Å². The first-order valence-corrected chi connectivity index (χ1v) is 6.23. The molecule has 1 N–H and O–H groups in total. The molecule has 2 rings (SSSR count). The van der Waals surface area contributed by atoms with Crippen molar-refractivity contribution in [3.05, 3.63) is 12.0 Å². The lowest BCUT2D eigenvalue weighted by atomic mass is 10.1. The van der Waals surface area contributed by atoms with Gasteiger partial charge in [0.15, 0.2) is 11.6 Å². The molecule has 0 radical (unpaired) electrons. The van der Waals surface area contributed by atoms with E-state index in [1.165, 1.54) is 0 Å². The van der Waals surface area contributed by atoms with Crippen molar-refractivity contribution in [2.75, 3.05) is 12.1 Å². The number of rotatable bonds is 6. The number of ether oxygens (including phenoxy) is 2. The molecular weight excluding hydrogens is 269 g/mol. The zero-order valence-electron chi connectivity index (χ0n) is 10.7. The molecule has 1 aromatic heterocycles. The fourth-order valence-corrected chi connectivity index (χ4v) is 2.00. The smallest absolute Gasteiger partial charge is 0.321 e. The molecule has 1 amide bonds. The number of halogens is 1. The predicted octanol–water partition coefficient (Wildman–Crippen LogP) is 1.25. The second-order valence-electron chi connectivity index (χ2n) is 4.32. The van der Waals surface area contributed by atoms with E-state index in [-0.39, 0.29) is 36.9 Å². The molecule has 1 aliphatic carbocycles. The first-order valence-electron chi connectivity index (χ1n) is 6.23. The number of anilines is 1. The molecule has 20 heavy (non-hydrogen) atoms. The number of nitrogens with one attached hydrogen (secondary N) is 1. The Labute approximate surface area is 114 Å². The van der Waals surface area contributed by atoms with E-state index >= 15 is 0 Å². The SMILES string of the molecule is O=CNc1nc(OCOC(=O)C2CCCC2)ncc1F. The van der Waals surface area contributed by atoms with Crippen LogP contribution in [0.4, 0.5) is 10.2 Å². The van der Waals surface area contributed by atoms with Crippen molar-refractivity contribution >= 4 is 18.2 Å². The molecule has 1 saturated carbocycles. The molecule has 0 saturated heterocycles. The summed E-state index contributed by atoms with van der Waals surface area (Å²) in [6, 6.07) is -0.185. The minimum atomic E-state index is -0.785. The van der Waals surface area contributed by atoms with E-state index in [0.717, 1.165) is 31.9 Å². The summed E-state index contributed by atoms with van der Waals surface area (Å²) in [7, 11) is 0. The highest BCUT2D eigenvalue weighted by Crippen LogP contribution is 2.25. The lowest BCUT2D eigenvalue weighted by Gasteiger charge is -2.10. The van der Waals surface area contributed by atoms with Gasteiger partial charge in [-0.25, -0.2) is 9.37 Å². The lowest BCUT2D eigenvalue weighted by Crippen LogP contribution is -2.18. The van der Waals surface area contributed by atoms with Crippen molar-refractivity contribution in [3.63, 3.8) is 0 Å². The average molecular weight is 283 g/mol. The summed E-state index contributed by atoms with van der Waals surface area (Å²) < 4.78 is 23.0. The largest absolute Gasteiger partial charge is 0.428 e. The summed E-state index contributed by atoms with van der Waals surface area (Å²) in [4.78, 5) is 29.0. The van der Waals surface area contributed by atoms with Crippen LogP contribution in [0, 0.1) is 11.7 Å². The Bertz CT molecular complexity index is 492. The van der Waals surface area contributed by atoms with E-state index in [1.807, 2.05) is 0 Å². The summed E-state index contributed by atoms with van der Waals surface area (Å²) in [5.41, 5.74) is 0. The monoisotopic (exact) mass is 283 g/mol. The Morgan fingerprint density at radius 2 is 2.25 bits per heavy atom. The fraction of sp³-hybridized carbons (Fsp3) is 0.500. The van der Waals surface area contributed by atoms with Crippen LogP contribution in [0.15, 0.2) is 6.20 Å². The minimum Gasteiger partial charge on any atom is -0.428 e. The van der Waals surface area contributed by atoms with Gasteiger partial charge in [0.2, 0.25) is 13.2 Å². The van der Waals surface area contributed by atoms with Crippen molar-refractivity contribution in [3.8, 4) is 6.01 Å². The van der Waals surface area contributed by atoms with Gasteiger partial charge in [-0.3, -0.25) is 9.59 Å². The molecule has 0 atom stereocenters. The highest BCUT2D eigenvalue weighted by Gasteiger charge is 2.24. The summed E-state index contributed by atoms with van der Waals surface area (Å²) in [5.74, 6) is -1.46. The van der Waals surface area contributed by atoms with Gasteiger partial charge >= 0.3 is 12.0 Å². The molecule has 0 bridgehead atoms. The van der Waals surface area contributed by atoms with Crippen molar-refractivity contribution < 1.29 is 23.5 Å². The van der Waals surface area contributed by atoms with E-state index in [1.54, 1.807) is 0 Å². The Kier molecular flexibility index (Phi) is 4.80. The molecule has 1 heterocycles. The maximum Gasteiger partial charge on any atom is 0.321 e. The second kappa shape index (κ2) is 6.78. The van der Waals surface area contributed by atoms with Gasteiger partial charge in [0.05, 0.1) is 12.1 Å². The van der Waals surface area contributed by atoms with Gasteiger partial charge < -0.3 is 14.8 Å². The topological polar surface area (TPSA) is 90.4 Å². The molecule has 1 fully saturated rings.